The zero-order valence-corrected chi connectivity index (χ0v) is 15.2. The standard InChI is InChI=1S/C19H18Cl2N2O2.CH4/c1-24-16-5-2-14(3-6-16)12-25-19(11-23-9-8-22-13-23)17-7-4-15(20)10-18(17)21;/h2-10,13,19H,11-12H2,1H3;1H4. The molecule has 0 aliphatic carbocycles. The van der Waals surface area contributed by atoms with Gasteiger partial charge in [0.1, 0.15) is 11.9 Å². The Morgan fingerprint density at radius 3 is 2.50 bits per heavy atom. The van der Waals surface area contributed by atoms with Gasteiger partial charge in [-0.3, -0.25) is 0 Å². The second kappa shape index (κ2) is 9.62. The Labute approximate surface area is 164 Å². The molecular weight excluding hydrogens is 371 g/mol. The lowest BCUT2D eigenvalue weighted by Crippen LogP contribution is -2.12. The Bertz CT molecular complexity index is 805. The number of hydrogen-bond donors (Lipinski definition) is 0. The van der Waals surface area contributed by atoms with Crippen LogP contribution in [0.25, 0.3) is 0 Å². The molecule has 138 valence electrons. The molecule has 3 rings (SSSR count). The molecule has 0 amide bonds. The molecule has 6 heteroatoms. The third-order valence-electron chi connectivity index (χ3n) is 3.86. The maximum absolute atomic E-state index is 6.38. The molecule has 2 aromatic carbocycles. The molecule has 0 fully saturated rings. The third kappa shape index (κ3) is 5.24. The summed E-state index contributed by atoms with van der Waals surface area (Å²) in [6, 6.07) is 13.3. The number of halogens is 2. The predicted molar refractivity (Wildman–Crippen MR) is 106 cm³/mol. The number of aromatic nitrogens is 2. The molecule has 1 unspecified atom stereocenters. The number of ether oxygens (including phenoxy) is 2. The number of imidazole rings is 1. The number of nitrogens with zero attached hydrogens (tertiary/aromatic N) is 2. The van der Waals surface area contributed by atoms with Crippen LogP contribution in [0.4, 0.5) is 0 Å². The van der Waals surface area contributed by atoms with E-state index in [1.807, 2.05) is 47.2 Å². The fourth-order valence-corrected chi connectivity index (χ4v) is 3.04. The van der Waals surface area contributed by atoms with Crippen molar-refractivity contribution in [3.05, 3.63) is 82.4 Å². The lowest BCUT2D eigenvalue weighted by molar-refractivity contribution is 0.0280. The van der Waals surface area contributed by atoms with Crippen LogP contribution in [0.2, 0.25) is 10.0 Å². The van der Waals surface area contributed by atoms with E-state index < -0.39 is 0 Å². The van der Waals surface area contributed by atoms with E-state index in [1.165, 1.54) is 0 Å². The third-order valence-corrected chi connectivity index (χ3v) is 4.42. The lowest BCUT2D eigenvalue weighted by atomic mass is 10.1. The van der Waals surface area contributed by atoms with E-state index in [-0.39, 0.29) is 13.5 Å². The van der Waals surface area contributed by atoms with E-state index >= 15 is 0 Å². The summed E-state index contributed by atoms with van der Waals surface area (Å²) in [6.07, 6.45) is 5.17. The monoisotopic (exact) mass is 392 g/mol. The maximum Gasteiger partial charge on any atom is 0.118 e. The Kier molecular flexibility index (Phi) is 7.51. The zero-order chi connectivity index (χ0) is 17.6. The summed E-state index contributed by atoms with van der Waals surface area (Å²) >= 11 is 12.4. The molecule has 1 heterocycles. The van der Waals surface area contributed by atoms with E-state index in [0.29, 0.717) is 23.2 Å². The van der Waals surface area contributed by atoms with Crippen molar-refractivity contribution in [3.8, 4) is 5.75 Å². The summed E-state index contributed by atoms with van der Waals surface area (Å²) in [5, 5.41) is 1.19. The SMILES string of the molecule is C.COc1ccc(COC(Cn2ccnc2)c2ccc(Cl)cc2Cl)cc1. The summed E-state index contributed by atoms with van der Waals surface area (Å²) in [7, 11) is 1.65. The van der Waals surface area contributed by atoms with Gasteiger partial charge in [-0.1, -0.05) is 48.8 Å². The normalized spacial score (nSPS) is 11.7. The minimum atomic E-state index is -0.221. The van der Waals surface area contributed by atoms with Gasteiger partial charge in [0.15, 0.2) is 0 Å². The molecule has 0 bridgehead atoms. The molecule has 0 N–H and O–H groups in total. The van der Waals surface area contributed by atoms with E-state index in [2.05, 4.69) is 4.98 Å². The van der Waals surface area contributed by atoms with Crippen LogP contribution in [0.3, 0.4) is 0 Å². The summed E-state index contributed by atoms with van der Waals surface area (Å²) in [4.78, 5) is 4.08. The van der Waals surface area contributed by atoms with Gasteiger partial charge < -0.3 is 14.0 Å². The van der Waals surface area contributed by atoms with Gasteiger partial charge in [-0.15, -0.1) is 0 Å². The first-order valence-corrected chi connectivity index (χ1v) is 8.56. The molecule has 0 saturated carbocycles. The molecule has 0 radical (unpaired) electrons. The van der Waals surface area contributed by atoms with Crippen molar-refractivity contribution in [2.75, 3.05) is 7.11 Å². The van der Waals surface area contributed by atoms with Crippen molar-refractivity contribution in [1.29, 1.82) is 0 Å². The maximum atomic E-state index is 6.38. The molecule has 0 aliphatic rings. The lowest BCUT2D eigenvalue weighted by Gasteiger charge is -2.20. The highest BCUT2D eigenvalue weighted by Crippen LogP contribution is 2.30. The Morgan fingerprint density at radius 1 is 1.12 bits per heavy atom. The predicted octanol–water partition coefficient (Wildman–Crippen LogP) is 5.79. The second-order valence-corrected chi connectivity index (χ2v) is 6.42. The van der Waals surface area contributed by atoms with Crippen molar-refractivity contribution < 1.29 is 9.47 Å². The van der Waals surface area contributed by atoms with E-state index in [1.54, 1.807) is 25.7 Å². The van der Waals surface area contributed by atoms with Crippen LogP contribution < -0.4 is 4.74 Å². The van der Waals surface area contributed by atoms with Crippen molar-refractivity contribution in [2.24, 2.45) is 0 Å². The number of benzene rings is 2. The quantitative estimate of drug-likeness (QED) is 0.510. The first-order valence-electron chi connectivity index (χ1n) is 7.81. The largest absolute Gasteiger partial charge is 0.497 e. The number of rotatable bonds is 7. The summed E-state index contributed by atoms with van der Waals surface area (Å²) in [6.45, 7) is 1.07. The minimum Gasteiger partial charge on any atom is -0.497 e. The molecule has 0 spiro atoms. The number of methoxy groups -OCH3 is 1. The molecule has 26 heavy (non-hydrogen) atoms. The summed E-state index contributed by atoms with van der Waals surface area (Å²) in [5.74, 6) is 0.819. The van der Waals surface area contributed by atoms with Crippen molar-refractivity contribution >= 4 is 23.2 Å². The van der Waals surface area contributed by atoms with Gasteiger partial charge in [-0.2, -0.15) is 0 Å². The van der Waals surface area contributed by atoms with Gasteiger partial charge >= 0.3 is 0 Å². The van der Waals surface area contributed by atoms with Crippen molar-refractivity contribution in [2.45, 2.75) is 26.7 Å². The van der Waals surface area contributed by atoms with E-state index in [0.717, 1.165) is 16.9 Å². The van der Waals surface area contributed by atoms with E-state index in [9.17, 15) is 0 Å². The fourth-order valence-electron chi connectivity index (χ4n) is 2.51. The highest BCUT2D eigenvalue weighted by molar-refractivity contribution is 6.35. The van der Waals surface area contributed by atoms with E-state index in [4.69, 9.17) is 32.7 Å². The topological polar surface area (TPSA) is 36.3 Å². The molecule has 0 aliphatic heterocycles. The first-order chi connectivity index (χ1) is 12.2. The molecule has 1 aromatic heterocycles. The van der Waals surface area contributed by atoms with Crippen LogP contribution >= 0.6 is 23.2 Å². The highest BCUT2D eigenvalue weighted by Gasteiger charge is 2.17. The van der Waals surface area contributed by atoms with Gasteiger partial charge in [0, 0.05) is 28.0 Å². The molecular formula is C20H22Cl2N2O2. The Morgan fingerprint density at radius 2 is 1.88 bits per heavy atom. The highest BCUT2D eigenvalue weighted by atomic mass is 35.5. The Balaban J connectivity index is 0.00000243. The molecule has 4 nitrogen and oxygen atoms in total. The average Bonchev–Trinajstić information content (AvgIpc) is 3.12. The first kappa shape index (κ1) is 20.3. The summed E-state index contributed by atoms with van der Waals surface area (Å²) < 4.78 is 13.3. The van der Waals surface area contributed by atoms with Crippen molar-refractivity contribution in [3.63, 3.8) is 0 Å². The van der Waals surface area contributed by atoms with Crippen LogP contribution in [0.15, 0.2) is 61.2 Å². The van der Waals surface area contributed by atoms with Gasteiger partial charge in [-0.25, -0.2) is 4.98 Å². The minimum absolute atomic E-state index is 0. The van der Waals surface area contributed by atoms with Gasteiger partial charge in [-0.05, 0) is 29.8 Å². The molecule has 1 atom stereocenters. The van der Waals surface area contributed by atoms with Gasteiger partial charge in [0.2, 0.25) is 0 Å². The van der Waals surface area contributed by atoms with Crippen LogP contribution in [-0.4, -0.2) is 16.7 Å². The van der Waals surface area contributed by atoms with Crippen LogP contribution in [0.5, 0.6) is 5.75 Å². The average molecular weight is 393 g/mol. The van der Waals surface area contributed by atoms with Gasteiger partial charge in [0.05, 0.1) is 26.6 Å². The molecule has 0 saturated heterocycles. The molecule has 3 aromatic rings. The number of hydrogen-bond acceptors (Lipinski definition) is 3. The van der Waals surface area contributed by atoms with Gasteiger partial charge in [0.25, 0.3) is 0 Å². The second-order valence-electron chi connectivity index (χ2n) is 5.57. The van der Waals surface area contributed by atoms with Crippen LogP contribution in [0.1, 0.15) is 24.7 Å². The van der Waals surface area contributed by atoms with Crippen LogP contribution in [0, 0.1) is 0 Å². The fraction of sp³-hybridized carbons (Fsp3) is 0.250. The van der Waals surface area contributed by atoms with Crippen molar-refractivity contribution in [1.82, 2.24) is 9.55 Å². The Hall–Kier alpha value is -2.01. The zero-order valence-electron chi connectivity index (χ0n) is 13.7. The summed E-state index contributed by atoms with van der Waals surface area (Å²) in [5.41, 5.74) is 1.95. The van der Waals surface area contributed by atoms with Crippen LogP contribution in [-0.2, 0) is 17.9 Å². The smallest absolute Gasteiger partial charge is 0.118 e.